The lowest BCUT2D eigenvalue weighted by atomic mass is 9.71. The molecule has 2 saturated heterocycles. The minimum Gasteiger partial charge on any atom is -0.392 e. The van der Waals surface area contributed by atoms with E-state index in [-0.39, 0.29) is 12.3 Å². The van der Waals surface area contributed by atoms with Gasteiger partial charge in [0.05, 0.1) is 11.5 Å². The Morgan fingerprint density at radius 3 is 2.85 bits per heavy atom. The van der Waals surface area contributed by atoms with Crippen LogP contribution in [0.15, 0.2) is 0 Å². The monoisotopic (exact) mass is 294 g/mol. The summed E-state index contributed by atoms with van der Waals surface area (Å²) < 4.78 is 36.5. The number of alkyl halides is 3. The van der Waals surface area contributed by atoms with E-state index in [1.165, 1.54) is 0 Å². The number of hydrogen-bond acceptors (Lipinski definition) is 3. The van der Waals surface area contributed by atoms with Crippen LogP contribution in [0.1, 0.15) is 32.1 Å². The highest BCUT2D eigenvalue weighted by Crippen LogP contribution is 2.37. The van der Waals surface area contributed by atoms with Gasteiger partial charge in [0, 0.05) is 26.1 Å². The predicted molar refractivity (Wildman–Crippen MR) is 67.0 cm³/mol. The Labute approximate surface area is 116 Å². The zero-order valence-corrected chi connectivity index (χ0v) is 11.4. The zero-order valence-electron chi connectivity index (χ0n) is 11.4. The number of nitrogens with zero attached hydrogens (tertiary/aromatic N) is 1. The van der Waals surface area contributed by atoms with Gasteiger partial charge in [0.2, 0.25) is 5.91 Å². The first-order valence-corrected chi connectivity index (χ1v) is 7.09. The van der Waals surface area contributed by atoms with Crippen LogP contribution in [0.5, 0.6) is 0 Å². The molecule has 7 heteroatoms. The number of rotatable bonds is 3. The molecule has 2 fully saturated rings. The number of hydrogen-bond donors (Lipinski definition) is 2. The molecule has 20 heavy (non-hydrogen) atoms. The summed E-state index contributed by atoms with van der Waals surface area (Å²) in [5.41, 5.74) is -0.825. The van der Waals surface area contributed by atoms with Crippen LogP contribution in [0.25, 0.3) is 0 Å². The van der Waals surface area contributed by atoms with Gasteiger partial charge in [-0.15, -0.1) is 0 Å². The van der Waals surface area contributed by atoms with Crippen molar-refractivity contribution in [3.63, 3.8) is 0 Å². The number of halogens is 3. The third-order valence-electron chi connectivity index (χ3n) is 4.33. The number of carbonyl (C=O) groups is 1. The summed E-state index contributed by atoms with van der Waals surface area (Å²) in [4.78, 5) is 14.0. The molecule has 2 atom stereocenters. The number of amides is 1. The molecule has 0 aromatic carbocycles. The van der Waals surface area contributed by atoms with Gasteiger partial charge in [-0.05, 0) is 32.2 Å². The van der Waals surface area contributed by atoms with Crippen LogP contribution in [0.4, 0.5) is 13.2 Å². The maximum atomic E-state index is 12.2. The van der Waals surface area contributed by atoms with Gasteiger partial charge < -0.3 is 15.3 Å². The third kappa shape index (κ3) is 3.44. The maximum absolute atomic E-state index is 12.2. The van der Waals surface area contributed by atoms with E-state index >= 15 is 0 Å². The molecule has 0 aromatic heterocycles. The van der Waals surface area contributed by atoms with Crippen molar-refractivity contribution in [3.8, 4) is 0 Å². The number of aliphatic hydroxyl groups excluding tert-OH is 1. The number of aliphatic hydroxyl groups is 1. The Hall–Kier alpha value is -0.820. The highest BCUT2D eigenvalue weighted by Gasteiger charge is 2.49. The quantitative estimate of drug-likeness (QED) is 0.825. The molecule has 0 bridgehead atoms. The van der Waals surface area contributed by atoms with Crippen LogP contribution in [0.2, 0.25) is 0 Å². The Balaban J connectivity index is 1.92. The Morgan fingerprint density at radius 1 is 1.45 bits per heavy atom. The molecule has 4 nitrogen and oxygen atoms in total. The van der Waals surface area contributed by atoms with Crippen molar-refractivity contribution in [2.45, 2.75) is 44.4 Å². The van der Waals surface area contributed by atoms with Crippen LogP contribution in [-0.2, 0) is 4.79 Å². The summed E-state index contributed by atoms with van der Waals surface area (Å²) in [5, 5.41) is 12.9. The van der Waals surface area contributed by atoms with Gasteiger partial charge in [0.1, 0.15) is 0 Å². The number of nitrogens with one attached hydrogen (secondary N) is 1. The second-order valence-electron chi connectivity index (χ2n) is 5.81. The van der Waals surface area contributed by atoms with E-state index in [9.17, 15) is 23.1 Å². The van der Waals surface area contributed by atoms with Crippen molar-refractivity contribution in [1.29, 1.82) is 0 Å². The fourth-order valence-electron chi connectivity index (χ4n) is 3.22. The average Bonchev–Trinajstić information content (AvgIpc) is 2.36. The molecule has 2 N–H and O–H groups in total. The minimum absolute atomic E-state index is 0.0390. The van der Waals surface area contributed by atoms with Gasteiger partial charge in [0.15, 0.2) is 0 Å². The smallest absolute Gasteiger partial charge is 0.389 e. The van der Waals surface area contributed by atoms with E-state index in [0.717, 1.165) is 6.42 Å². The topological polar surface area (TPSA) is 52.6 Å². The van der Waals surface area contributed by atoms with Crippen molar-refractivity contribution < 1.29 is 23.1 Å². The molecule has 2 heterocycles. The maximum Gasteiger partial charge on any atom is 0.389 e. The van der Waals surface area contributed by atoms with Crippen molar-refractivity contribution in [2.75, 3.05) is 26.2 Å². The van der Waals surface area contributed by atoms with E-state index in [1.54, 1.807) is 0 Å². The fraction of sp³-hybridized carbons (Fsp3) is 0.923. The number of likely N-dealkylation sites (tertiary alicyclic amines) is 1. The van der Waals surface area contributed by atoms with Crippen molar-refractivity contribution in [1.82, 2.24) is 10.2 Å². The van der Waals surface area contributed by atoms with Crippen molar-refractivity contribution in [2.24, 2.45) is 5.41 Å². The van der Waals surface area contributed by atoms with Gasteiger partial charge in [-0.3, -0.25) is 4.79 Å². The van der Waals surface area contributed by atoms with E-state index in [2.05, 4.69) is 5.32 Å². The normalized spacial score (nSPS) is 32.4. The van der Waals surface area contributed by atoms with Crippen molar-refractivity contribution >= 4 is 5.91 Å². The summed E-state index contributed by atoms with van der Waals surface area (Å²) >= 11 is 0. The lowest BCUT2D eigenvalue weighted by Gasteiger charge is -2.47. The van der Waals surface area contributed by atoms with E-state index in [0.29, 0.717) is 39.0 Å². The fourth-order valence-corrected chi connectivity index (χ4v) is 3.22. The summed E-state index contributed by atoms with van der Waals surface area (Å²) in [7, 11) is 0. The summed E-state index contributed by atoms with van der Waals surface area (Å²) in [6, 6.07) is 0. The van der Waals surface area contributed by atoms with E-state index < -0.39 is 24.1 Å². The Morgan fingerprint density at radius 2 is 2.20 bits per heavy atom. The van der Waals surface area contributed by atoms with Crippen LogP contribution in [0, 0.1) is 5.41 Å². The first-order valence-electron chi connectivity index (χ1n) is 7.09. The SMILES string of the molecule is O=C1NCCC[C@]12CN(CCCC(F)(F)F)CC[C@@H]2O. The molecule has 0 radical (unpaired) electrons. The highest BCUT2D eigenvalue weighted by molar-refractivity contribution is 5.84. The minimum atomic E-state index is -4.13. The molecule has 0 unspecified atom stereocenters. The Kier molecular flexibility index (Phi) is 4.59. The van der Waals surface area contributed by atoms with Gasteiger partial charge >= 0.3 is 6.18 Å². The standard InChI is InChI=1S/C13H21F3N2O2/c14-13(15,16)5-2-7-18-8-3-10(19)12(9-18)4-1-6-17-11(12)20/h10,19H,1-9H2,(H,17,20)/t10-,12+/m0/s1. The second kappa shape index (κ2) is 5.89. The molecule has 2 rings (SSSR count). The molecule has 0 aromatic rings. The molecular formula is C13H21F3N2O2. The molecule has 2 aliphatic rings. The van der Waals surface area contributed by atoms with E-state index in [1.807, 2.05) is 4.90 Å². The van der Waals surface area contributed by atoms with E-state index in [4.69, 9.17) is 0 Å². The molecule has 2 aliphatic heterocycles. The zero-order chi connectivity index (χ0) is 14.8. The summed E-state index contributed by atoms with van der Waals surface area (Å²) in [6.07, 6.45) is -3.73. The largest absolute Gasteiger partial charge is 0.392 e. The molecule has 1 spiro atoms. The Bertz CT molecular complexity index is 362. The molecule has 116 valence electrons. The van der Waals surface area contributed by atoms with Crippen LogP contribution in [0.3, 0.4) is 0 Å². The second-order valence-corrected chi connectivity index (χ2v) is 5.81. The average molecular weight is 294 g/mol. The number of piperidine rings is 2. The molecule has 0 saturated carbocycles. The van der Waals surface area contributed by atoms with Crippen molar-refractivity contribution in [3.05, 3.63) is 0 Å². The summed E-state index contributed by atoms with van der Waals surface area (Å²) in [5.74, 6) is -0.156. The van der Waals surface area contributed by atoms with Gasteiger partial charge in [0.25, 0.3) is 0 Å². The number of carbonyl (C=O) groups excluding carboxylic acids is 1. The highest BCUT2D eigenvalue weighted by atomic mass is 19.4. The first kappa shape index (κ1) is 15.6. The van der Waals surface area contributed by atoms with Gasteiger partial charge in [-0.25, -0.2) is 0 Å². The molecule has 1 amide bonds. The lowest BCUT2D eigenvalue weighted by Crippen LogP contribution is -2.61. The predicted octanol–water partition coefficient (Wildman–Crippen LogP) is 1.29. The summed E-state index contributed by atoms with van der Waals surface area (Å²) in [6.45, 7) is 1.84. The third-order valence-corrected chi connectivity index (χ3v) is 4.33. The van der Waals surface area contributed by atoms with Crippen LogP contribution < -0.4 is 5.32 Å². The first-order chi connectivity index (χ1) is 9.33. The van der Waals surface area contributed by atoms with Crippen LogP contribution >= 0.6 is 0 Å². The molecule has 0 aliphatic carbocycles. The van der Waals surface area contributed by atoms with Gasteiger partial charge in [-0.2, -0.15) is 13.2 Å². The molecular weight excluding hydrogens is 273 g/mol. The van der Waals surface area contributed by atoms with Crippen LogP contribution in [-0.4, -0.2) is 54.4 Å². The lowest BCUT2D eigenvalue weighted by molar-refractivity contribution is -0.151. The van der Waals surface area contributed by atoms with Gasteiger partial charge in [-0.1, -0.05) is 0 Å².